The number of rotatable bonds is 5. The molecule has 102 valence electrons. The summed E-state index contributed by atoms with van der Waals surface area (Å²) in [5.74, 6) is 1.76. The third-order valence-corrected chi connectivity index (χ3v) is 5.08. The molecule has 0 spiro atoms. The average Bonchev–Trinajstić information content (AvgIpc) is 2.74. The smallest absolute Gasteiger partial charge is 0.0611 e. The van der Waals surface area contributed by atoms with E-state index < -0.39 is 0 Å². The first-order valence-corrected chi connectivity index (χ1v) is 8.20. The van der Waals surface area contributed by atoms with Crippen LogP contribution in [-0.4, -0.2) is 11.2 Å². The molecular formula is C16H26OS. The van der Waals surface area contributed by atoms with Crippen LogP contribution < -0.4 is 0 Å². The zero-order chi connectivity index (χ0) is 13.1. The number of aryl methyl sites for hydroxylation is 1. The van der Waals surface area contributed by atoms with E-state index in [0.29, 0.717) is 11.8 Å². The van der Waals surface area contributed by atoms with Crippen LogP contribution in [0.3, 0.4) is 0 Å². The SMILES string of the molecule is CC(C)CC(C)CC(O)C1CCCc2sccc21. The van der Waals surface area contributed by atoms with E-state index in [9.17, 15) is 5.11 Å². The van der Waals surface area contributed by atoms with Gasteiger partial charge in [-0.15, -0.1) is 11.3 Å². The normalized spacial score (nSPS) is 22.8. The fourth-order valence-corrected chi connectivity index (χ4v) is 4.40. The van der Waals surface area contributed by atoms with E-state index in [-0.39, 0.29) is 6.10 Å². The molecule has 1 aliphatic rings. The minimum absolute atomic E-state index is 0.146. The standard InChI is InChI=1S/C16H26OS/c1-11(2)9-12(3)10-15(17)13-5-4-6-16-14(13)7-8-18-16/h7-8,11-13,15,17H,4-6,9-10H2,1-3H3. The van der Waals surface area contributed by atoms with Crippen molar-refractivity contribution < 1.29 is 5.11 Å². The second kappa shape index (κ2) is 6.21. The van der Waals surface area contributed by atoms with Crippen LogP contribution in [0.4, 0.5) is 0 Å². The Kier molecular flexibility index (Phi) is 4.85. The van der Waals surface area contributed by atoms with Crippen molar-refractivity contribution in [2.24, 2.45) is 11.8 Å². The first-order valence-electron chi connectivity index (χ1n) is 7.32. The number of hydrogen-bond acceptors (Lipinski definition) is 2. The minimum Gasteiger partial charge on any atom is -0.392 e. The maximum atomic E-state index is 10.5. The van der Waals surface area contributed by atoms with Crippen molar-refractivity contribution in [2.45, 2.75) is 64.9 Å². The van der Waals surface area contributed by atoms with Gasteiger partial charge in [0.25, 0.3) is 0 Å². The van der Waals surface area contributed by atoms with Gasteiger partial charge in [-0.05, 0) is 60.9 Å². The first-order chi connectivity index (χ1) is 8.58. The fourth-order valence-electron chi connectivity index (χ4n) is 3.40. The van der Waals surface area contributed by atoms with Gasteiger partial charge in [-0.3, -0.25) is 0 Å². The third-order valence-electron chi connectivity index (χ3n) is 4.08. The van der Waals surface area contributed by atoms with Crippen molar-refractivity contribution in [1.82, 2.24) is 0 Å². The van der Waals surface area contributed by atoms with Crippen LogP contribution in [0.5, 0.6) is 0 Å². The zero-order valence-corrected chi connectivity index (χ0v) is 12.7. The Bertz CT molecular complexity index is 369. The molecule has 1 N–H and O–H groups in total. The number of aliphatic hydroxyl groups is 1. The van der Waals surface area contributed by atoms with Gasteiger partial charge in [0, 0.05) is 10.8 Å². The zero-order valence-electron chi connectivity index (χ0n) is 11.9. The van der Waals surface area contributed by atoms with E-state index in [1.807, 2.05) is 11.3 Å². The molecule has 0 saturated carbocycles. The van der Waals surface area contributed by atoms with Crippen molar-refractivity contribution in [3.8, 4) is 0 Å². The molecule has 1 aliphatic carbocycles. The molecule has 0 bridgehead atoms. The van der Waals surface area contributed by atoms with Crippen LogP contribution in [-0.2, 0) is 6.42 Å². The summed E-state index contributed by atoms with van der Waals surface area (Å²) in [5, 5.41) is 12.7. The third kappa shape index (κ3) is 3.36. The van der Waals surface area contributed by atoms with Crippen LogP contribution in [0.1, 0.15) is 62.8 Å². The molecule has 0 aromatic carbocycles. The lowest BCUT2D eigenvalue weighted by Gasteiger charge is -2.29. The molecule has 3 unspecified atom stereocenters. The van der Waals surface area contributed by atoms with Gasteiger partial charge in [-0.25, -0.2) is 0 Å². The van der Waals surface area contributed by atoms with Crippen molar-refractivity contribution in [2.75, 3.05) is 0 Å². The van der Waals surface area contributed by atoms with Gasteiger partial charge in [-0.1, -0.05) is 20.8 Å². The highest BCUT2D eigenvalue weighted by Gasteiger charge is 2.28. The monoisotopic (exact) mass is 266 g/mol. The average molecular weight is 266 g/mol. The first kappa shape index (κ1) is 14.1. The van der Waals surface area contributed by atoms with E-state index in [1.165, 1.54) is 36.1 Å². The molecular weight excluding hydrogens is 240 g/mol. The number of aliphatic hydroxyl groups excluding tert-OH is 1. The lowest BCUT2D eigenvalue weighted by Crippen LogP contribution is -2.24. The van der Waals surface area contributed by atoms with Crippen molar-refractivity contribution in [1.29, 1.82) is 0 Å². The second-order valence-electron chi connectivity index (χ2n) is 6.34. The highest BCUT2D eigenvalue weighted by atomic mass is 32.1. The Hall–Kier alpha value is -0.340. The fraction of sp³-hybridized carbons (Fsp3) is 0.750. The largest absolute Gasteiger partial charge is 0.392 e. The van der Waals surface area contributed by atoms with Gasteiger partial charge in [0.05, 0.1) is 6.10 Å². The van der Waals surface area contributed by atoms with Crippen LogP contribution in [0, 0.1) is 11.8 Å². The molecule has 2 heteroatoms. The Morgan fingerprint density at radius 1 is 1.33 bits per heavy atom. The highest BCUT2D eigenvalue weighted by Crippen LogP contribution is 2.38. The second-order valence-corrected chi connectivity index (χ2v) is 7.34. The molecule has 1 aromatic heterocycles. The molecule has 2 rings (SSSR count). The number of hydrogen-bond donors (Lipinski definition) is 1. The van der Waals surface area contributed by atoms with E-state index in [1.54, 1.807) is 0 Å². The van der Waals surface area contributed by atoms with Crippen LogP contribution in [0.25, 0.3) is 0 Å². The Balaban J connectivity index is 1.96. The summed E-state index contributed by atoms with van der Waals surface area (Å²) >= 11 is 1.86. The van der Waals surface area contributed by atoms with Gasteiger partial charge in [0.15, 0.2) is 0 Å². The Labute approximate surface area is 115 Å². The van der Waals surface area contributed by atoms with Gasteiger partial charge in [0.2, 0.25) is 0 Å². The molecule has 1 nitrogen and oxygen atoms in total. The molecule has 0 amide bonds. The van der Waals surface area contributed by atoms with Gasteiger partial charge < -0.3 is 5.11 Å². The summed E-state index contributed by atoms with van der Waals surface area (Å²) in [7, 11) is 0. The van der Waals surface area contributed by atoms with Crippen molar-refractivity contribution >= 4 is 11.3 Å². The maximum absolute atomic E-state index is 10.5. The molecule has 0 fully saturated rings. The van der Waals surface area contributed by atoms with Crippen LogP contribution >= 0.6 is 11.3 Å². The molecule has 3 atom stereocenters. The van der Waals surface area contributed by atoms with Gasteiger partial charge >= 0.3 is 0 Å². The van der Waals surface area contributed by atoms with E-state index >= 15 is 0 Å². The number of thiophene rings is 1. The lowest BCUT2D eigenvalue weighted by atomic mass is 9.80. The number of fused-ring (bicyclic) bond motifs is 1. The van der Waals surface area contributed by atoms with Crippen molar-refractivity contribution in [3.63, 3.8) is 0 Å². The summed E-state index contributed by atoms with van der Waals surface area (Å²) in [5.41, 5.74) is 1.44. The quantitative estimate of drug-likeness (QED) is 0.825. The molecule has 1 heterocycles. The topological polar surface area (TPSA) is 20.2 Å². The summed E-state index contributed by atoms with van der Waals surface area (Å²) in [6.45, 7) is 6.81. The van der Waals surface area contributed by atoms with Gasteiger partial charge in [-0.2, -0.15) is 0 Å². The van der Waals surface area contributed by atoms with E-state index in [0.717, 1.165) is 12.3 Å². The van der Waals surface area contributed by atoms with E-state index in [4.69, 9.17) is 0 Å². The van der Waals surface area contributed by atoms with Crippen LogP contribution in [0.15, 0.2) is 11.4 Å². The lowest BCUT2D eigenvalue weighted by molar-refractivity contribution is 0.105. The summed E-state index contributed by atoms with van der Waals surface area (Å²) < 4.78 is 0. The Morgan fingerprint density at radius 2 is 2.11 bits per heavy atom. The predicted octanol–water partition coefficient (Wildman–Crippen LogP) is 4.60. The Morgan fingerprint density at radius 3 is 2.83 bits per heavy atom. The minimum atomic E-state index is -0.146. The molecule has 0 aliphatic heterocycles. The van der Waals surface area contributed by atoms with E-state index in [2.05, 4.69) is 32.2 Å². The molecule has 18 heavy (non-hydrogen) atoms. The van der Waals surface area contributed by atoms with Gasteiger partial charge in [0.1, 0.15) is 0 Å². The maximum Gasteiger partial charge on any atom is 0.0611 e. The molecule has 0 saturated heterocycles. The summed E-state index contributed by atoms with van der Waals surface area (Å²) in [6, 6.07) is 2.24. The molecule has 1 aromatic rings. The van der Waals surface area contributed by atoms with Crippen molar-refractivity contribution in [3.05, 3.63) is 21.9 Å². The van der Waals surface area contributed by atoms with Crippen LogP contribution in [0.2, 0.25) is 0 Å². The summed E-state index contributed by atoms with van der Waals surface area (Å²) in [4.78, 5) is 1.52. The predicted molar refractivity (Wildman–Crippen MR) is 79.2 cm³/mol. The summed E-state index contributed by atoms with van der Waals surface area (Å²) in [6.07, 6.45) is 5.66. The highest BCUT2D eigenvalue weighted by molar-refractivity contribution is 7.10. The molecule has 0 radical (unpaired) electrons.